The minimum absolute atomic E-state index is 0.00742. The number of carbonyl (C=O) groups is 1. The van der Waals surface area contributed by atoms with E-state index in [0.717, 1.165) is 49.1 Å². The zero-order valence-electron chi connectivity index (χ0n) is 22.6. The summed E-state index contributed by atoms with van der Waals surface area (Å²) in [6.07, 6.45) is 3.56. The van der Waals surface area contributed by atoms with Gasteiger partial charge in [-0.25, -0.2) is 0 Å². The van der Waals surface area contributed by atoms with Crippen LogP contribution in [0.3, 0.4) is 0 Å². The summed E-state index contributed by atoms with van der Waals surface area (Å²) >= 11 is 12.3. The van der Waals surface area contributed by atoms with Crippen LogP contribution < -0.4 is 4.74 Å². The first-order chi connectivity index (χ1) is 19.4. The van der Waals surface area contributed by atoms with Crippen LogP contribution in [0, 0.1) is 5.92 Å². The molecule has 2 aliphatic heterocycles. The third-order valence-electron chi connectivity index (χ3n) is 10.1. The molecule has 1 saturated carbocycles. The number of amides is 1. The van der Waals surface area contributed by atoms with Crippen molar-refractivity contribution in [2.75, 3.05) is 20.1 Å². The summed E-state index contributed by atoms with van der Waals surface area (Å²) in [4.78, 5) is 18.0. The van der Waals surface area contributed by atoms with Gasteiger partial charge in [-0.05, 0) is 73.0 Å². The average Bonchev–Trinajstić information content (AvgIpc) is 3.30. The Balaban J connectivity index is 1.17. The molecule has 1 spiro atoms. The number of aliphatic hydroxyl groups is 1. The van der Waals surface area contributed by atoms with Gasteiger partial charge in [0.25, 0.3) is 0 Å². The molecule has 1 amide bonds. The minimum Gasteiger partial charge on any atom is -0.487 e. The van der Waals surface area contributed by atoms with Crippen LogP contribution >= 0.6 is 23.2 Å². The maximum atomic E-state index is 13.6. The fraction of sp³-hybridized carbons (Fsp3) is 0.424. The van der Waals surface area contributed by atoms with Gasteiger partial charge >= 0.3 is 0 Å². The summed E-state index contributed by atoms with van der Waals surface area (Å²) in [7, 11) is 1.93. The molecule has 7 rings (SSSR count). The summed E-state index contributed by atoms with van der Waals surface area (Å²) in [5.41, 5.74) is 4.47. The van der Waals surface area contributed by atoms with Crippen LogP contribution in [0.5, 0.6) is 5.75 Å². The molecule has 6 atom stereocenters. The van der Waals surface area contributed by atoms with E-state index in [1.807, 2.05) is 48.3 Å². The lowest BCUT2D eigenvalue weighted by atomic mass is 9.51. The number of rotatable bonds is 6. The molecule has 0 radical (unpaired) electrons. The third-order valence-corrected chi connectivity index (χ3v) is 10.9. The molecular weight excluding hydrogens is 543 g/mol. The molecule has 3 aromatic rings. The van der Waals surface area contributed by atoms with Crippen LogP contribution in [-0.2, 0) is 23.1 Å². The van der Waals surface area contributed by atoms with Crippen molar-refractivity contribution in [3.63, 3.8) is 0 Å². The molecular formula is C33H34Cl2N2O3. The van der Waals surface area contributed by atoms with E-state index in [4.69, 9.17) is 27.9 Å². The van der Waals surface area contributed by atoms with Gasteiger partial charge in [0.1, 0.15) is 11.9 Å². The summed E-state index contributed by atoms with van der Waals surface area (Å²) in [6.45, 7) is 1.54. The van der Waals surface area contributed by atoms with Crippen LogP contribution in [0.15, 0.2) is 66.7 Å². The van der Waals surface area contributed by atoms with Gasteiger partial charge in [0.15, 0.2) is 0 Å². The molecule has 1 unspecified atom stereocenters. The smallest absolute Gasteiger partial charge is 0.227 e. The monoisotopic (exact) mass is 576 g/mol. The number of halogens is 2. The third kappa shape index (κ3) is 4.08. The molecule has 40 heavy (non-hydrogen) atoms. The Morgan fingerprint density at radius 3 is 2.73 bits per heavy atom. The summed E-state index contributed by atoms with van der Waals surface area (Å²) in [5, 5.41) is 12.1. The summed E-state index contributed by atoms with van der Waals surface area (Å²) in [6, 6.07) is 22.2. The topological polar surface area (TPSA) is 53.0 Å². The number of aliphatic hydroxyl groups excluding tert-OH is 1. The van der Waals surface area contributed by atoms with E-state index in [1.54, 1.807) is 12.1 Å². The predicted octanol–water partition coefficient (Wildman–Crippen LogP) is 5.84. The highest BCUT2D eigenvalue weighted by Gasteiger charge is 2.66. The second-order valence-corrected chi connectivity index (χ2v) is 12.8. The quantitative estimate of drug-likeness (QED) is 0.401. The number of carbonyl (C=O) groups excluding carboxylic acids is 1. The maximum Gasteiger partial charge on any atom is 0.227 e. The number of ether oxygens (including phenoxy) is 1. The molecule has 2 heterocycles. The number of likely N-dealkylation sites (N-methyl/N-ethyl adjacent to an activating group) is 1. The van der Waals surface area contributed by atoms with Crippen molar-refractivity contribution in [3.05, 3.63) is 99.0 Å². The lowest BCUT2D eigenvalue weighted by molar-refractivity contribution is -0.140. The Morgan fingerprint density at radius 2 is 1.93 bits per heavy atom. The van der Waals surface area contributed by atoms with Crippen molar-refractivity contribution < 1.29 is 14.6 Å². The van der Waals surface area contributed by atoms with E-state index in [1.165, 1.54) is 11.1 Å². The highest BCUT2D eigenvalue weighted by atomic mass is 35.5. The number of piperidine rings is 1. The second-order valence-electron chi connectivity index (χ2n) is 12.0. The maximum absolute atomic E-state index is 13.6. The van der Waals surface area contributed by atoms with Crippen molar-refractivity contribution in [2.45, 2.75) is 61.8 Å². The molecule has 2 aliphatic carbocycles. The number of likely N-dealkylation sites (tertiary alicyclic amines) is 1. The number of hydrogen-bond acceptors (Lipinski definition) is 4. The zero-order valence-corrected chi connectivity index (χ0v) is 24.1. The van der Waals surface area contributed by atoms with Crippen molar-refractivity contribution >= 4 is 29.1 Å². The fourth-order valence-corrected chi connectivity index (χ4v) is 8.65. The largest absolute Gasteiger partial charge is 0.487 e. The van der Waals surface area contributed by atoms with E-state index in [0.29, 0.717) is 28.5 Å². The first kappa shape index (κ1) is 26.3. The van der Waals surface area contributed by atoms with E-state index in [-0.39, 0.29) is 29.9 Å². The van der Waals surface area contributed by atoms with Crippen molar-refractivity contribution in [2.24, 2.45) is 5.92 Å². The standard InChI is InChI=1S/C33H34Cl2N2O3/c1-36(30(39)17-20-10-12-24(34)25(35)16-20)26-13-11-23-27-18-22-8-5-9-29-31(22)33(23,32(26)40-29)14-15-37(27)19-28(38)21-6-3-2-4-7-21/h2-10,12,16,23,26-28,32,38H,11,13-15,17-19H2,1H3/t23-,26-,27+,28?,32-,33-/m0/s1. The SMILES string of the molecule is CN(C(=O)Cc1ccc(Cl)c(Cl)c1)[C@H]1CC[C@H]2[C@H]3Cc4cccc5c4[C@@]2(CCN3CC(O)c2ccccc2)[C@H]1O5. The van der Waals surface area contributed by atoms with E-state index >= 15 is 0 Å². The zero-order chi connectivity index (χ0) is 27.6. The van der Waals surface area contributed by atoms with Gasteiger partial charge in [0.2, 0.25) is 5.91 Å². The van der Waals surface area contributed by atoms with Crippen LogP contribution in [0.1, 0.15) is 47.6 Å². The molecule has 7 heteroatoms. The molecule has 2 fully saturated rings. The Kier molecular flexibility index (Phi) is 6.62. The molecule has 3 aromatic carbocycles. The summed E-state index contributed by atoms with van der Waals surface area (Å²) in [5.74, 6) is 1.50. The van der Waals surface area contributed by atoms with E-state index in [2.05, 4.69) is 23.1 Å². The van der Waals surface area contributed by atoms with Crippen molar-refractivity contribution in [3.8, 4) is 5.75 Å². The van der Waals surface area contributed by atoms with Crippen LogP contribution in [0.4, 0.5) is 0 Å². The molecule has 5 nitrogen and oxygen atoms in total. The van der Waals surface area contributed by atoms with Gasteiger partial charge in [-0.2, -0.15) is 0 Å². The lowest BCUT2D eigenvalue weighted by Gasteiger charge is -2.60. The van der Waals surface area contributed by atoms with Crippen LogP contribution in [0.25, 0.3) is 0 Å². The van der Waals surface area contributed by atoms with Crippen LogP contribution in [-0.4, -0.2) is 59.1 Å². The van der Waals surface area contributed by atoms with Gasteiger partial charge in [0.05, 0.1) is 28.6 Å². The first-order valence-electron chi connectivity index (χ1n) is 14.3. The van der Waals surface area contributed by atoms with E-state index in [9.17, 15) is 9.90 Å². The van der Waals surface area contributed by atoms with Gasteiger partial charge in [-0.3, -0.25) is 9.69 Å². The highest BCUT2D eigenvalue weighted by molar-refractivity contribution is 6.42. The number of nitrogens with zero attached hydrogens (tertiary/aromatic N) is 2. The molecule has 4 aliphatic rings. The molecule has 2 bridgehead atoms. The van der Waals surface area contributed by atoms with Crippen molar-refractivity contribution in [1.29, 1.82) is 0 Å². The Labute approximate surface area is 245 Å². The van der Waals surface area contributed by atoms with Crippen LogP contribution in [0.2, 0.25) is 10.0 Å². The molecule has 0 aromatic heterocycles. The Bertz CT molecular complexity index is 1450. The number of β-amino-alcohol motifs (C(OH)–C–C–N with tert-alkyl or cyclic N) is 1. The second kappa shape index (κ2) is 10.1. The van der Waals surface area contributed by atoms with Gasteiger partial charge < -0.3 is 14.7 Å². The number of benzene rings is 3. The lowest BCUT2D eigenvalue weighted by Crippen LogP contribution is -2.69. The van der Waals surface area contributed by atoms with Crippen molar-refractivity contribution in [1.82, 2.24) is 9.80 Å². The summed E-state index contributed by atoms with van der Waals surface area (Å²) < 4.78 is 6.83. The molecule has 208 valence electrons. The first-order valence-corrected chi connectivity index (χ1v) is 15.1. The highest BCUT2D eigenvalue weighted by Crippen LogP contribution is 2.62. The van der Waals surface area contributed by atoms with Gasteiger partial charge in [-0.15, -0.1) is 0 Å². The van der Waals surface area contributed by atoms with Gasteiger partial charge in [-0.1, -0.05) is 71.7 Å². The van der Waals surface area contributed by atoms with Gasteiger partial charge in [0, 0.05) is 30.6 Å². The predicted molar refractivity (Wildman–Crippen MR) is 157 cm³/mol. The fourth-order valence-electron chi connectivity index (χ4n) is 8.33. The molecule has 1 N–H and O–H groups in total. The number of hydrogen-bond donors (Lipinski definition) is 1. The Morgan fingerprint density at radius 1 is 1.10 bits per heavy atom. The van der Waals surface area contributed by atoms with E-state index < -0.39 is 6.10 Å². The normalized spacial score (nSPS) is 28.9. The average molecular weight is 578 g/mol. The Hall–Kier alpha value is -2.57. The minimum atomic E-state index is -0.514. The molecule has 1 saturated heterocycles.